The van der Waals surface area contributed by atoms with E-state index in [2.05, 4.69) is 47.5 Å². The molecule has 0 atom stereocenters. The number of phenols is 1. The number of carbonyl (C=O) groups is 2. The van der Waals surface area contributed by atoms with Gasteiger partial charge >= 0.3 is 0 Å². The van der Waals surface area contributed by atoms with Crippen LogP contribution in [0.3, 0.4) is 0 Å². The summed E-state index contributed by atoms with van der Waals surface area (Å²) in [6, 6.07) is 11.3. The van der Waals surface area contributed by atoms with Gasteiger partial charge in [-0.2, -0.15) is 0 Å². The number of nitrogens with one attached hydrogen (secondary N) is 2. The molecule has 0 bridgehead atoms. The molecule has 176 valence electrons. The first-order valence-electron chi connectivity index (χ1n) is 10.8. The van der Waals surface area contributed by atoms with Crippen molar-refractivity contribution in [1.82, 2.24) is 4.98 Å². The Morgan fingerprint density at radius 2 is 1.53 bits per heavy atom. The molecule has 0 saturated heterocycles. The Bertz CT molecular complexity index is 1250. The van der Waals surface area contributed by atoms with Crippen molar-refractivity contribution in [2.45, 2.75) is 39.2 Å². The monoisotopic (exact) mass is 587 g/mol. The molecule has 5 rings (SSSR count). The summed E-state index contributed by atoms with van der Waals surface area (Å²) >= 11 is 6.77. The van der Waals surface area contributed by atoms with E-state index in [0.717, 1.165) is 43.4 Å². The Morgan fingerprint density at radius 1 is 0.912 bits per heavy atom. The first kappa shape index (κ1) is 24.2. The molecule has 9 heteroatoms. The molecule has 0 radical (unpaired) electrons. The number of aromatic hydroxyl groups is 1. The predicted molar refractivity (Wildman–Crippen MR) is 137 cm³/mol. The van der Waals surface area contributed by atoms with Crippen molar-refractivity contribution in [2.75, 3.05) is 10.6 Å². The number of rotatable bonds is 3. The highest BCUT2D eigenvalue weighted by atomic mass is 79.9. The number of benzene rings is 2. The summed E-state index contributed by atoms with van der Waals surface area (Å²) in [5.41, 5.74) is 5.38. The fourth-order valence-electron chi connectivity index (χ4n) is 3.71. The summed E-state index contributed by atoms with van der Waals surface area (Å²) in [5.74, 6) is 0.792. The molecule has 3 aromatic rings. The van der Waals surface area contributed by atoms with E-state index in [4.69, 9.17) is 4.74 Å². The molecule has 0 spiro atoms. The zero-order chi connectivity index (χ0) is 24.2. The van der Waals surface area contributed by atoms with Gasteiger partial charge in [0, 0.05) is 28.0 Å². The van der Waals surface area contributed by atoms with Gasteiger partial charge in [0.2, 0.25) is 11.8 Å². The number of hydrogen-bond donors (Lipinski definition) is 3. The molecule has 34 heavy (non-hydrogen) atoms. The number of phenolic OH excluding ortho intramolecular Hbond substituents is 1. The van der Waals surface area contributed by atoms with Crippen LogP contribution in [0.25, 0.3) is 0 Å². The van der Waals surface area contributed by atoms with Crippen LogP contribution in [-0.2, 0) is 29.0 Å². The summed E-state index contributed by atoms with van der Waals surface area (Å²) in [4.78, 5) is 26.9. The van der Waals surface area contributed by atoms with Gasteiger partial charge in [0.05, 0.1) is 17.1 Å². The quantitative estimate of drug-likeness (QED) is 0.343. The van der Waals surface area contributed by atoms with Gasteiger partial charge in [-0.15, -0.1) is 0 Å². The van der Waals surface area contributed by atoms with Gasteiger partial charge in [-0.3, -0.25) is 14.6 Å². The molecule has 2 aliphatic rings. The maximum absolute atomic E-state index is 11.6. The predicted octanol–water partition coefficient (Wildman–Crippen LogP) is 5.66. The zero-order valence-electron chi connectivity index (χ0n) is 18.5. The standard InChI is InChI=1S/C16H15BrN2O2.C9H8BrNO2/c1-10-2-4-13(18-8-10)9-21-14-7-12(17)6-11-3-5-15(20)19-16(11)14;10-6-3-5-1-2-8(13)11-9(5)7(12)4-6/h2,4,6-8H,3,5,9H2,1H3,(H,19,20);3-4,12H,1-2H2,(H,11,13). The maximum atomic E-state index is 11.6. The van der Waals surface area contributed by atoms with Crippen molar-refractivity contribution >= 4 is 55.0 Å². The Balaban J connectivity index is 0.000000180. The molecular formula is C25H23Br2N3O4. The van der Waals surface area contributed by atoms with E-state index in [0.29, 0.717) is 37.3 Å². The molecule has 0 aliphatic carbocycles. The summed E-state index contributed by atoms with van der Waals surface area (Å²) in [5, 5.41) is 15.1. The normalized spacial score (nSPS) is 14.1. The van der Waals surface area contributed by atoms with Crippen molar-refractivity contribution in [1.29, 1.82) is 0 Å². The molecule has 3 N–H and O–H groups in total. The lowest BCUT2D eigenvalue weighted by atomic mass is 10.0. The summed E-state index contributed by atoms with van der Waals surface area (Å²) in [7, 11) is 0. The number of amides is 2. The lowest BCUT2D eigenvalue weighted by Crippen LogP contribution is -2.20. The minimum absolute atomic E-state index is 0.0307. The van der Waals surface area contributed by atoms with Gasteiger partial charge in [0.25, 0.3) is 0 Å². The van der Waals surface area contributed by atoms with Gasteiger partial charge < -0.3 is 20.5 Å². The summed E-state index contributed by atoms with van der Waals surface area (Å²) < 4.78 is 7.63. The van der Waals surface area contributed by atoms with Gasteiger partial charge in [-0.25, -0.2) is 0 Å². The average molecular weight is 589 g/mol. The van der Waals surface area contributed by atoms with E-state index in [1.54, 1.807) is 6.07 Å². The van der Waals surface area contributed by atoms with Crippen LogP contribution in [0.15, 0.2) is 51.5 Å². The van der Waals surface area contributed by atoms with E-state index >= 15 is 0 Å². The first-order chi connectivity index (χ1) is 16.3. The lowest BCUT2D eigenvalue weighted by molar-refractivity contribution is -0.117. The molecule has 2 amide bonds. The van der Waals surface area contributed by atoms with Crippen LogP contribution in [0.4, 0.5) is 11.4 Å². The van der Waals surface area contributed by atoms with E-state index < -0.39 is 0 Å². The number of nitrogens with zero attached hydrogens (tertiary/aromatic N) is 1. The van der Waals surface area contributed by atoms with Crippen molar-refractivity contribution < 1.29 is 19.4 Å². The molecule has 7 nitrogen and oxygen atoms in total. The first-order valence-corrected chi connectivity index (χ1v) is 12.3. The van der Waals surface area contributed by atoms with Crippen molar-refractivity contribution in [2.24, 2.45) is 0 Å². The van der Waals surface area contributed by atoms with Crippen LogP contribution >= 0.6 is 31.9 Å². The van der Waals surface area contributed by atoms with Crippen LogP contribution < -0.4 is 15.4 Å². The van der Waals surface area contributed by atoms with E-state index in [-0.39, 0.29) is 17.6 Å². The number of halogens is 2. The van der Waals surface area contributed by atoms with Crippen molar-refractivity contribution in [3.05, 3.63) is 73.9 Å². The molecule has 3 heterocycles. The fourth-order valence-corrected chi connectivity index (χ4v) is 4.69. The van der Waals surface area contributed by atoms with Crippen LogP contribution in [0.1, 0.15) is 35.2 Å². The summed E-state index contributed by atoms with van der Waals surface area (Å²) in [6.07, 6.45) is 4.25. The van der Waals surface area contributed by atoms with Gasteiger partial charge in [0.15, 0.2) is 0 Å². The topological polar surface area (TPSA) is 101 Å². The highest BCUT2D eigenvalue weighted by molar-refractivity contribution is 9.10. The van der Waals surface area contributed by atoms with E-state index in [1.807, 2.05) is 43.5 Å². The number of aromatic nitrogens is 1. The molecule has 2 aromatic carbocycles. The lowest BCUT2D eigenvalue weighted by Gasteiger charge is -2.20. The number of anilines is 2. The molecule has 2 aliphatic heterocycles. The average Bonchev–Trinajstić information content (AvgIpc) is 2.80. The number of ether oxygens (including phenoxy) is 1. The second kappa shape index (κ2) is 10.6. The third kappa shape index (κ3) is 5.95. The molecule has 0 fully saturated rings. The molecular weight excluding hydrogens is 566 g/mol. The van der Waals surface area contributed by atoms with Gasteiger partial charge in [-0.1, -0.05) is 37.9 Å². The zero-order valence-corrected chi connectivity index (χ0v) is 21.6. The second-order valence-electron chi connectivity index (χ2n) is 8.11. The maximum Gasteiger partial charge on any atom is 0.224 e. The minimum Gasteiger partial charge on any atom is -0.506 e. The minimum atomic E-state index is -0.0369. The van der Waals surface area contributed by atoms with Crippen LogP contribution in [-0.4, -0.2) is 21.9 Å². The number of pyridine rings is 1. The summed E-state index contributed by atoms with van der Waals surface area (Å²) in [6.45, 7) is 2.37. The SMILES string of the molecule is Cc1ccc(COc2cc(Br)cc3c2NC(=O)CC3)nc1.O=C1CCc2cc(Br)cc(O)c2N1. The van der Waals surface area contributed by atoms with Crippen molar-refractivity contribution in [3.63, 3.8) is 0 Å². The van der Waals surface area contributed by atoms with Crippen LogP contribution in [0, 0.1) is 6.92 Å². The third-order valence-electron chi connectivity index (χ3n) is 5.43. The molecule has 0 saturated carbocycles. The smallest absolute Gasteiger partial charge is 0.224 e. The van der Waals surface area contributed by atoms with Crippen LogP contribution in [0.5, 0.6) is 11.5 Å². The number of fused-ring (bicyclic) bond motifs is 2. The van der Waals surface area contributed by atoms with E-state index in [1.165, 1.54) is 0 Å². The van der Waals surface area contributed by atoms with Crippen molar-refractivity contribution in [3.8, 4) is 11.5 Å². The second-order valence-corrected chi connectivity index (χ2v) is 9.94. The number of carbonyl (C=O) groups excluding carboxylic acids is 2. The molecule has 0 unspecified atom stereocenters. The third-order valence-corrected chi connectivity index (χ3v) is 6.35. The highest BCUT2D eigenvalue weighted by Gasteiger charge is 2.20. The van der Waals surface area contributed by atoms with Gasteiger partial charge in [-0.05, 0) is 66.8 Å². The Labute approximate surface area is 214 Å². The number of aryl methyl sites for hydroxylation is 3. The molecule has 1 aromatic heterocycles. The number of hydrogen-bond acceptors (Lipinski definition) is 5. The highest BCUT2D eigenvalue weighted by Crippen LogP contribution is 2.36. The Morgan fingerprint density at radius 3 is 2.18 bits per heavy atom. The Kier molecular flexibility index (Phi) is 7.53. The van der Waals surface area contributed by atoms with Crippen LogP contribution in [0.2, 0.25) is 0 Å². The van der Waals surface area contributed by atoms with E-state index in [9.17, 15) is 14.7 Å². The fraction of sp³-hybridized carbons (Fsp3) is 0.240. The van der Waals surface area contributed by atoms with Gasteiger partial charge in [0.1, 0.15) is 18.1 Å². The largest absolute Gasteiger partial charge is 0.506 e. The Hall–Kier alpha value is -2.91.